The van der Waals surface area contributed by atoms with Gasteiger partial charge in [-0.3, -0.25) is 9.69 Å². The van der Waals surface area contributed by atoms with Crippen LogP contribution in [0, 0.1) is 0 Å². The number of aliphatic hydroxyl groups excluding tert-OH is 1. The maximum Gasteiger partial charge on any atom is 0.236 e. The lowest BCUT2D eigenvalue weighted by atomic mass is 10.2. The molecule has 0 aliphatic rings. The van der Waals surface area contributed by atoms with E-state index in [1.807, 2.05) is 36.1 Å². The molecule has 0 aliphatic carbocycles. The Morgan fingerprint density at radius 2 is 2.05 bits per heavy atom. The topological polar surface area (TPSA) is 43.8 Å². The molecule has 0 bridgehead atoms. The van der Waals surface area contributed by atoms with Gasteiger partial charge in [0, 0.05) is 24.6 Å². The molecule has 1 aromatic carbocycles. The molecular formula is C14H21BrN2O2. The van der Waals surface area contributed by atoms with E-state index in [9.17, 15) is 4.79 Å². The second-order valence-electron chi connectivity index (χ2n) is 4.43. The molecule has 0 saturated heterocycles. The number of hydrogen-bond donors (Lipinski definition) is 1. The third-order valence-corrected chi connectivity index (χ3v) is 3.79. The van der Waals surface area contributed by atoms with Crippen LogP contribution in [0.15, 0.2) is 28.7 Å². The van der Waals surface area contributed by atoms with Crippen LogP contribution in [0.5, 0.6) is 0 Å². The largest absolute Gasteiger partial charge is 0.395 e. The number of halogens is 1. The van der Waals surface area contributed by atoms with E-state index in [0.717, 1.165) is 16.6 Å². The van der Waals surface area contributed by atoms with Crippen LogP contribution in [0.25, 0.3) is 0 Å². The van der Waals surface area contributed by atoms with E-state index in [2.05, 4.69) is 15.9 Å². The highest BCUT2D eigenvalue weighted by Gasteiger charge is 2.14. The summed E-state index contributed by atoms with van der Waals surface area (Å²) < 4.78 is 1.01. The number of carbonyl (C=O) groups excluding carboxylic acids is 1. The Morgan fingerprint density at radius 3 is 2.63 bits per heavy atom. The van der Waals surface area contributed by atoms with Gasteiger partial charge in [0.05, 0.1) is 13.2 Å². The van der Waals surface area contributed by atoms with Crippen molar-refractivity contribution in [2.45, 2.75) is 13.5 Å². The molecule has 4 nitrogen and oxygen atoms in total. The van der Waals surface area contributed by atoms with Crippen molar-refractivity contribution >= 4 is 21.8 Å². The van der Waals surface area contributed by atoms with Crippen molar-refractivity contribution < 1.29 is 9.90 Å². The number of benzene rings is 1. The molecule has 106 valence electrons. The lowest BCUT2D eigenvalue weighted by Crippen LogP contribution is -2.39. The highest BCUT2D eigenvalue weighted by Crippen LogP contribution is 2.17. The summed E-state index contributed by atoms with van der Waals surface area (Å²) in [5.41, 5.74) is 1.09. The van der Waals surface area contributed by atoms with E-state index in [4.69, 9.17) is 5.11 Å². The Hall–Kier alpha value is -0.910. The van der Waals surface area contributed by atoms with Crippen LogP contribution in [-0.4, -0.2) is 54.1 Å². The monoisotopic (exact) mass is 328 g/mol. The van der Waals surface area contributed by atoms with E-state index in [1.54, 1.807) is 11.9 Å². The van der Waals surface area contributed by atoms with Gasteiger partial charge in [-0.2, -0.15) is 0 Å². The van der Waals surface area contributed by atoms with Crippen LogP contribution in [-0.2, 0) is 11.3 Å². The smallest absolute Gasteiger partial charge is 0.236 e. The maximum atomic E-state index is 12.1. The van der Waals surface area contributed by atoms with E-state index in [0.29, 0.717) is 19.6 Å². The van der Waals surface area contributed by atoms with Gasteiger partial charge in [0.1, 0.15) is 0 Å². The Labute approximate surface area is 123 Å². The van der Waals surface area contributed by atoms with Gasteiger partial charge in [-0.25, -0.2) is 0 Å². The number of hydrogen-bond acceptors (Lipinski definition) is 3. The van der Waals surface area contributed by atoms with Crippen molar-refractivity contribution in [2.75, 3.05) is 33.3 Å². The Bertz CT molecular complexity index is 412. The second-order valence-corrected chi connectivity index (χ2v) is 5.29. The molecule has 0 spiro atoms. The predicted octanol–water partition coefficient (Wildman–Crippen LogP) is 1.72. The van der Waals surface area contributed by atoms with Gasteiger partial charge in [0.15, 0.2) is 0 Å². The molecular weight excluding hydrogens is 308 g/mol. The molecule has 1 N–H and O–H groups in total. The first-order valence-electron chi connectivity index (χ1n) is 6.39. The molecule has 0 saturated carbocycles. The number of carbonyl (C=O) groups is 1. The quantitative estimate of drug-likeness (QED) is 0.828. The number of rotatable bonds is 7. The van der Waals surface area contributed by atoms with Crippen molar-refractivity contribution in [3.05, 3.63) is 34.3 Å². The van der Waals surface area contributed by atoms with Crippen molar-refractivity contribution in [3.8, 4) is 0 Å². The number of amides is 1. The number of aliphatic hydroxyl groups is 1. The molecule has 5 heteroatoms. The zero-order valence-corrected chi connectivity index (χ0v) is 13.1. The Balaban J connectivity index is 2.55. The van der Waals surface area contributed by atoms with Crippen molar-refractivity contribution in [1.29, 1.82) is 0 Å². The number of nitrogens with zero attached hydrogens (tertiary/aromatic N) is 2. The Morgan fingerprint density at radius 1 is 1.37 bits per heavy atom. The van der Waals surface area contributed by atoms with Gasteiger partial charge in [-0.05, 0) is 18.2 Å². The summed E-state index contributed by atoms with van der Waals surface area (Å²) in [6.45, 7) is 4.28. The minimum Gasteiger partial charge on any atom is -0.395 e. The van der Waals surface area contributed by atoms with Crippen LogP contribution in [0.3, 0.4) is 0 Å². The SMILES string of the molecule is CCN(CCO)CC(=O)N(C)Cc1ccccc1Br. The molecule has 0 unspecified atom stereocenters. The summed E-state index contributed by atoms with van der Waals surface area (Å²) in [6, 6.07) is 7.88. The van der Waals surface area contributed by atoms with Gasteiger partial charge in [-0.15, -0.1) is 0 Å². The highest BCUT2D eigenvalue weighted by atomic mass is 79.9. The highest BCUT2D eigenvalue weighted by molar-refractivity contribution is 9.10. The summed E-state index contributed by atoms with van der Waals surface area (Å²) >= 11 is 3.48. The first-order valence-corrected chi connectivity index (χ1v) is 7.18. The van der Waals surface area contributed by atoms with Crippen LogP contribution >= 0.6 is 15.9 Å². The fourth-order valence-corrected chi connectivity index (χ4v) is 2.18. The molecule has 0 aliphatic heterocycles. The van der Waals surface area contributed by atoms with E-state index < -0.39 is 0 Å². The van der Waals surface area contributed by atoms with Crippen LogP contribution < -0.4 is 0 Å². The number of likely N-dealkylation sites (N-methyl/N-ethyl adjacent to an activating group) is 2. The molecule has 19 heavy (non-hydrogen) atoms. The zero-order chi connectivity index (χ0) is 14.3. The average molecular weight is 329 g/mol. The van der Waals surface area contributed by atoms with Gasteiger partial charge in [0.2, 0.25) is 5.91 Å². The minimum absolute atomic E-state index is 0.0612. The average Bonchev–Trinajstić information content (AvgIpc) is 2.40. The summed E-state index contributed by atoms with van der Waals surface area (Å²) in [5, 5.41) is 8.92. The van der Waals surface area contributed by atoms with Crippen molar-refractivity contribution in [3.63, 3.8) is 0 Å². The van der Waals surface area contributed by atoms with Gasteiger partial charge < -0.3 is 10.0 Å². The van der Waals surface area contributed by atoms with Gasteiger partial charge in [0.25, 0.3) is 0 Å². The summed E-state index contributed by atoms with van der Waals surface area (Å²) in [4.78, 5) is 15.7. The second kappa shape index (κ2) is 8.30. The van der Waals surface area contributed by atoms with E-state index in [-0.39, 0.29) is 12.5 Å². The zero-order valence-electron chi connectivity index (χ0n) is 11.5. The van der Waals surface area contributed by atoms with Crippen LogP contribution in [0.1, 0.15) is 12.5 Å². The molecule has 0 heterocycles. The summed E-state index contributed by atoms with van der Waals surface area (Å²) in [6.07, 6.45) is 0. The molecule has 0 fully saturated rings. The molecule has 1 rings (SSSR count). The molecule has 0 atom stereocenters. The lowest BCUT2D eigenvalue weighted by Gasteiger charge is -2.23. The lowest BCUT2D eigenvalue weighted by molar-refractivity contribution is -0.131. The Kier molecular flexibility index (Phi) is 7.05. The minimum atomic E-state index is 0.0612. The predicted molar refractivity (Wildman–Crippen MR) is 79.8 cm³/mol. The fraction of sp³-hybridized carbons (Fsp3) is 0.500. The summed E-state index contributed by atoms with van der Waals surface area (Å²) in [5.74, 6) is 0.0612. The fourth-order valence-electron chi connectivity index (χ4n) is 1.77. The first kappa shape index (κ1) is 16.1. The molecule has 1 aromatic rings. The van der Waals surface area contributed by atoms with Crippen molar-refractivity contribution in [1.82, 2.24) is 9.80 Å². The van der Waals surface area contributed by atoms with E-state index in [1.165, 1.54) is 0 Å². The van der Waals surface area contributed by atoms with Gasteiger partial charge in [-0.1, -0.05) is 41.1 Å². The molecule has 1 amide bonds. The third-order valence-electron chi connectivity index (χ3n) is 3.01. The maximum absolute atomic E-state index is 12.1. The third kappa shape index (κ3) is 5.30. The molecule has 0 radical (unpaired) electrons. The van der Waals surface area contributed by atoms with Gasteiger partial charge >= 0.3 is 0 Å². The summed E-state index contributed by atoms with van der Waals surface area (Å²) in [7, 11) is 1.80. The first-order chi connectivity index (χ1) is 9.08. The van der Waals surface area contributed by atoms with Crippen molar-refractivity contribution in [2.24, 2.45) is 0 Å². The van der Waals surface area contributed by atoms with Crippen LogP contribution in [0.2, 0.25) is 0 Å². The normalized spacial score (nSPS) is 10.8. The van der Waals surface area contributed by atoms with Crippen LogP contribution in [0.4, 0.5) is 0 Å². The molecule has 0 aromatic heterocycles. The van der Waals surface area contributed by atoms with E-state index >= 15 is 0 Å². The standard InChI is InChI=1S/C14H21BrN2O2/c1-3-17(8-9-18)11-14(19)16(2)10-12-6-4-5-7-13(12)15/h4-7,18H,3,8-11H2,1-2H3.